The van der Waals surface area contributed by atoms with Crippen molar-refractivity contribution < 1.29 is 37.9 Å². The zero-order valence-corrected chi connectivity index (χ0v) is 29.2. The van der Waals surface area contributed by atoms with Gasteiger partial charge in [-0.15, -0.1) is 0 Å². The molecule has 0 unspecified atom stereocenters. The van der Waals surface area contributed by atoms with Gasteiger partial charge in [-0.25, -0.2) is 9.18 Å². The number of amides is 2. The van der Waals surface area contributed by atoms with E-state index < -0.39 is 64.0 Å². The average Bonchev–Trinajstić information content (AvgIpc) is 3.56. The predicted molar refractivity (Wildman–Crippen MR) is 174 cm³/mol. The van der Waals surface area contributed by atoms with Gasteiger partial charge in [-0.3, -0.25) is 19.2 Å². The highest BCUT2D eigenvalue weighted by Crippen LogP contribution is 2.41. The van der Waals surface area contributed by atoms with Crippen LogP contribution in [-0.2, 0) is 28.8 Å². The Balaban J connectivity index is 1.62. The molecular weight excluding hydrogens is 629 g/mol. The molecule has 0 aromatic heterocycles. The Morgan fingerprint density at radius 2 is 1.83 bits per heavy atom. The molecule has 1 aromatic rings. The molecule has 12 heteroatoms. The van der Waals surface area contributed by atoms with E-state index >= 15 is 0 Å². The smallest absolute Gasteiger partial charge is 0.408 e. The van der Waals surface area contributed by atoms with Gasteiger partial charge in [0, 0.05) is 37.2 Å². The highest BCUT2D eigenvalue weighted by molar-refractivity contribution is 6.38. The first-order valence-electron chi connectivity index (χ1n) is 16.4. The van der Waals surface area contributed by atoms with Gasteiger partial charge >= 0.3 is 6.09 Å². The van der Waals surface area contributed by atoms with E-state index in [1.807, 2.05) is 6.92 Å². The van der Waals surface area contributed by atoms with Gasteiger partial charge in [0.15, 0.2) is 17.2 Å². The Bertz CT molecular complexity index is 1450. The molecule has 3 aliphatic rings. The molecule has 1 spiro atoms. The summed E-state index contributed by atoms with van der Waals surface area (Å²) in [6, 6.07) is 2.12. The van der Waals surface area contributed by atoms with Gasteiger partial charge in [0.1, 0.15) is 17.5 Å². The van der Waals surface area contributed by atoms with Crippen LogP contribution in [0.25, 0.3) is 0 Å². The van der Waals surface area contributed by atoms with Gasteiger partial charge in [0.2, 0.25) is 11.7 Å². The predicted octanol–water partition coefficient (Wildman–Crippen LogP) is 6.20. The maximum atomic E-state index is 14.4. The molecule has 1 N–H and O–H groups in total. The van der Waals surface area contributed by atoms with Crippen LogP contribution in [0.4, 0.5) is 9.18 Å². The third kappa shape index (κ3) is 9.18. The number of ketones is 3. The number of nitrogens with zero attached hydrogens (tertiary/aromatic N) is 2. The Labute approximate surface area is 281 Å². The number of carbonyl (C=O) groups excluding carboxylic acids is 5. The lowest BCUT2D eigenvalue weighted by Crippen LogP contribution is -2.57. The summed E-state index contributed by atoms with van der Waals surface area (Å²) in [6.45, 7) is 12.4. The topological polar surface area (TPSA) is 131 Å². The van der Waals surface area contributed by atoms with E-state index in [-0.39, 0.29) is 49.0 Å². The molecule has 1 aromatic carbocycles. The average molecular weight is 676 g/mol. The highest BCUT2D eigenvalue weighted by atomic mass is 35.5. The number of hydrogen-bond donors (Lipinski definition) is 1. The minimum Gasteiger partial charge on any atom is -0.444 e. The molecule has 2 fully saturated rings. The van der Waals surface area contributed by atoms with Crippen LogP contribution in [0.5, 0.6) is 0 Å². The van der Waals surface area contributed by atoms with Crippen LogP contribution in [0.1, 0.15) is 105 Å². The van der Waals surface area contributed by atoms with Crippen molar-refractivity contribution in [3.63, 3.8) is 0 Å². The Kier molecular flexibility index (Phi) is 10.9. The molecule has 2 heterocycles. The number of hydrogen-bond acceptors (Lipinski definition) is 8. The van der Waals surface area contributed by atoms with E-state index in [2.05, 4.69) is 10.5 Å². The Morgan fingerprint density at radius 1 is 1.15 bits per heavy atom. The van der Waals surface area contributed by atoms with E-state index in [9.17, 15) is 28.4 Å². The number of ether oxygens (including phenoxy) is 1. The van der Waals surface area contributed by atoms with Crippen LogP contribution in [-0.4, -0.2) is 69.8 Å². The fourth-order valence-corrected chi connectivity index (χ4v) is 6.40. The quantitative estimate of drug-likeness (QED) is 0.261. The molecule has 1 saturated carbocycles. The number of Topliss-reactive ketones (excluding diaryl/α,β-unsaturated/α-hetero) is 3. The summed E-state index contributed by atoms with van der Waals surface area (Å²) in [5, 5.41) is 6.89. The van der Waals surface area contributed by atoms with E-state index in [0.29, 0.717) is 24.1 Å². The molecule has 0 radical (unpaired) electrons. The molecule has 1 aliphatic carbocycles. The fraction of sp³-hybridized carbons (Fsp3) is 0.657. The number of alkyl carbamates (subject to hydrolysis) is 1. The molecule has 2 amide bonds. The lowest BCUT2D eigenvalue weighted by molar-refractivity contribution is -0.143. The van der Waals surface area contributed by atoms with Crippen molar-refractivity contribution in [3.05, 3.63) is 34.6 Å². The van der Waals surface area contributed by atoms with Gasteiger partial charge in [0.25, 0.3) is 0 Å². The monoisotopic (exact) mass is 675 g/mol. The molecule has 47 heavy (non-hydrogen) atoms. The van der Waals surface area contributed by atoms with E-state index in [0.717, 1.165) is 12.8 Å². The number of benzene rings is 1. The number of carbonyl (C=O) groups is 5. The maximum Gasteiger partial charge on any atom is 0.408 e. The molecule has 4 rings (SSSR count). The summed E-state index contributed by atoms with van der Waals surface area (Å²) in [7, 11) is 0. The SMILES string of the molecule is CCC[C@H](CC(=O)[C@@H]1C[C@]2(CC(c3ccc(F)c(Cl)c3)=NO2)CN1C(=O)[C@@H](NC(=O)OC(C)(C)C)C(C)(C)C)C(=O)C(=O)CC1CC1. The first-order chi connectivity index (χ1) is 21.8. The zero-order valence-electron chi connectivity index (χ0n) is 28.4. The van der Waals surface area contributed by atoms with Gasteiger partial charge in [-0.05, 0) is 63.5 Å². The third-order valence-electron chi connectivity index (χ3n) is 8.82. The van der Waals surface area contributed by atoms with Crippen molar-refractivity contribution in [2.45, 2.75) is 123 Å². The molecule has 2 aliphatic heterocycles. The minimum absolute atomic E-state index is 0.0280. The number of rotatable bonds is 12. The van der Waals surface area contributed by atoms with E-state index in [1.54, 1.807) is 41.5 Å². The first-order valence-corrected chi connectivity index (χ1v) is 16.8. The summed E-state index contributed by atoms with van der Waals surface area (Å²) < 4.78 is 19.3. The van der Waals surface area contributed by atoms with Crippen molar-refractivity contribution in [1.82, 2.24) is 10.2 Å². The second-order valence-electron chi connectivity index (χ2n) is 15.3. The number of halogens is 2. The van der Waals surface area contributed by atoms with Gasteiger partial charge < -0.3 is 19.8 Å². The van der Waals surface area contributed by atoms with Crippen LogP contribution < -0.4 is 5.32 Å². The highest BCUT2D eigenvalue weighted by Gasteiger charge is 2.55. The van der Waals surface area contributed by atoms with Crippen LogP contribution in [0.2, 0.25) is 5.02 Å². The Morgan fingerprint density at radius 3 is 2.40 bits per heavy atom. The van der Waals surface area contributed by atoms with Gasteiger partial charge in [-0.1, -0.05) is 56.9 Å². The largest absolute Gasteiger partial charge is 0.444 e. The molecule has 1 saturated heterocycles. The molecule has 10 nitrogen and oxygen atoms in total. The minimum atomic E-state index is -1.09. The van der Waals surface area contributed by atoms with E-state index in [1.165, 1.54) is 23.1 Å². The molecule has 258 valence electrons. The van der Waals surface area contributed by atoms with Crippen molar-refractivity contribution in [2.75, 3.05) is 6.54 Å². The van der Waals surface area contributed by atoms with Crippen LogP contribution in [0, 0.1) is 23.1 Å². The number of nitrogens with one attached hydrogen (secondary N) is 1. The molecule has 4 atom stereocenters. The van der Waals surface area contributed by atoms with Crippen molar-refractivity contribution >= 4 is 46.7 Å². The summed E-state index contributed by atoms with van der Waals surface area (Å²) in [5.41, 5.74) is -1.65. The Hall–Kier alpha value is -3.34. The van der Waals surface area contributed by atoms with Crippen LogP contribution >= 0.6 is 11.6 Å². The van der Waals surface area contributed by atoms with Crippen molar-refractivity contribution in [1.29, 1.82) is 0 Å². The fourth-order valence-electron chi connectivity index (χ4n) is 6.22. The lowest BCUT2D eigenvalue weighted by Gasteiger charge is -2.36. The summed E-state index contributed by atoms with van der Waals surface area (Å²) in [4.78, 5) is 74.8. The third-order valence-corrected chi connectivity index (χ3v) is 9.11. The van der Waals surface area contributed by atoms with Crippen molar-refractivity contribution in [3.8, 4) is 0 Å². The molecule has 0 bridgehead atoms. The van der Waals surface area contributed by atoms with E-state index in [4.69, 9.17) is 21.2 Å². The van der Waals surface area contributed by atoms with Gasteiger partial charge in [-0.2, -0.15) is 0 Å². The second kappa shape index (κ2) is 14.0. The van der Waals surface area contributed by atoms with Crippen molar-refractivity contribution in [2.24, 2.45) is 22.4 Å². The summed E-state index contributed by atoms with van der Waals surface area (Å²) >= 11 is 6.02. The summed E-state index contributed by atoms with van der Waals surface area (Å²) in [6.07, 6.45) is 2.34. The second-order valence-corrected chi connectivity index (χ2v) is 15.7. The lowest BCUT2D eigenvalue weighted by atomic mass is 9.84. The number of likely N-dealkylation sites (tertiary alicyclic amines) is 1. The first kappa shape index (κ1) is 36.5. The standard InChI is InChI=1S/C35H47ClFN3O7/c1-8-9-22(29(43)28(42)14-20-10-11-20)16-27(41)26-18-35(17-25(39-47-35)21-12-13-24(37)23(36)15-21)19-40(26)31(44)30(33(2,3)4)38-32(45)46-34(5,6)7/h12-13,15,20,22,26,30H,8-11,14,16-19H2,1-7H3,(H,38,45)/t22-,26+,30-,35-/m1/s1. The van der Waals surface area contributed by atoms with Crippen LogP contribution in [0.15, 0.2) is 23.4 Å². The maximum absolute atomic E-state index is 14.4. The summed E-state index contributed by atoms with van der Waals surface area (Å²) in [5.74, 6) is -2.99. The van der Waals surface area contributed by atoms with Crippen LogP contribution in [0.3, 0.4) is 0 Å². The molecular formula is C35H47ClFN3O7. The normalized spacial score (nSPS) is 22.4. The zero-order chi connectivity index (χ0) is 34.9. The number of oxime groups is 1. The van der Waals surface area contributed by atoms with Gasteiger partial charge in [0.05, 0.1) is 23.3 Å².